The molecule has 2 aromatic rings. The minimum absolute atomic E-state index is 0.0240. The molecule has 0 saturated carbocycles. The molecule has 1 aliphatic heterocycles. The summed E-state index contributed by atoms with van der Waals surface area (Å²) in [6, 6.07) is 12.7. The topological polar surface area (TPSA) is 43.4 Å². The van der Waals surface area contributed by atoms with Crippen LogP contribution in [0.3, 0.4) is 0 Å². The molecular weight excluding hydrogens is 284 g/mol. The van der Waals surface area contributed by atoms with Gasteiger partial charge in [0.2, 0.25) is 0 Å². The third-order valence-corrected chi connectivity index (χ3v) is 5.36. The summed E-state index contributed by atoms with van der Waals surface area (Å²) in [7, 11) is -3.40. The Labute approximate surface area is 125 Å². The fourth-order valence-electron chi connectivity index (χ4n) is 2.43. The van der Waals surface area contributed by atoms with Crippen molar-refractivity contribution in [1.82, 2.24) is 0 Å². The van der Waals surface area contributed by atoms with Gasteiger partial charge in [0.15, 0.2) is 9.84 Å². The maximum absolute atomic E-state index is 12.7. The first-order valence-electron chi connectivity index (χ1n) is 6.90. The number of rotatable bonds is 0. The van der Waals surface area contributed by atoms with E-state index in [4.69, 9.17) is 4.74 Å². The SMILES string of the molecule is CC(C)(C)c1ccc2c(c1)S(=O)(=O)Cc1ccccc1O2. The molecule has 0 saturated heterocycles. The molecule has 0 radical (unpaired) electrons. The van der Waals surface area contributed by atoms with E-state index in [1.807, 2.05) is 18.2 Å². The minimum Gasteiger partial charge on any atom is -0.456 e. The fraction of sp³-hybridized carbons (Fsp3) is 0.294. The standard InChI is InChI=1S/C17H18O3S/c1-17(2,3)13-8-9-15-16(10-13)21(18,19)11-12-6-4-5-7-14(12)20-15/h4-10H,11H2,1-3H3. The zero-order valence-corrected chi connectivity index (χ0v) is 13.2. The van der Waals surface area contributed by atoms with Crippen LogP contribution in [0.2, 0.25) is 0 Å². The number of ether oxygens (including phenoxy) is 1. The van der Waals surface area contributed by atoms with Crippen LogP contribution in [0.1, 0.15) is 31.9 Å². The lowest BCUT2D eigenvalue weighted by Crippen LogP contribution is -2.12. The summed E-state index contributed by atoms with van der Waals surface area (Å²) >= 11 is 0. The molecule has 0 bridgehead atoms. The van der Waals surface area contributed by atoms with Crippen LogP contribution in [0.25, 0.3) is 0 Å². The molecule has 0 atom stereocenters. The van der Waals surface area contributed by atoms with Gasteiger partial charge < -0.3 is 4.74 Å². The first kappa shape index (κ1) is 14.1. The van der Waals surface area contributed by atoms with Gasteiger partial charge in [0.1, 0.15) is 16.4 Å². The van der Waals surface area contributed by atoms with E-state index in [0.717, 1.165) is 5.56 Å². The van der Waals surface area contributed by atoms with Gasteiger partial charge >= 0.3 is 0 Å². The Kier molecular flexibility index (Phi) is 3.10. The van der Waals surface area contributed by atoms with Crippen LogP contribution in [0.15, 0.2) is 47.4 Å². The van der Waals surface area contributed by atoms with Gasteiger partial charge in [-0.3, -0.25) is 0 Å². The smallest absolute Gasteiger partial charge is 0.186 e. The van der Waals surface area contributed by atoms with Crippen LogP contribution in [-0.4, -0.2) is 8.42 Å². The molecule has 110 valence electrons. The van der Waals surface area contributed by atoms with Gasteiger partial charge in [0.05, 0.1) is 5.75 Å². The minimum atomic E-state index is -3.40. The molecule has 0 amide bonds. The van der Waals surface area contributed by atoms with E-state index < -0.39 is 9.84 Å². The van der Waals surface area contributed by atoms with Crippen LogP contribution in [0.4, 0.5) is 0 Å². The third kappa shape index (κ3) is 2.56. The van der Waals surface area contributed by atoms with Gasteiger partial charge in [0, 0.05) is 5.56 Å². The van der Waals surface area contributed by atoms with E-state index >= 15 is 0 Å². The van der Waals surface area contributed by atoms with E-state index in [9.17, 15) is 8.42 Å². The molecule has 0 aliphatic carbocycles. The van der Waals surface area contributed by atoms with Crippen molar-refractivity contribution in [1.29, 1.82) is 0 Å². The van der Waals surface area contributed by atoms with Crippen LogP contribution in [0, 0.1) is 0 Å². The largest absolute Gasteiger partial charge is 0.456 e. The Morgan fingerprint density at radius 3 is 2.43 bits per heavy atom. The average molecular weight is 302 g/mol. The first-order chi connectivity index (χ1) is 9.77. The van der Waals surface area contributed by atoms with Crippen molar-refractivity contribution >= 4 is 9.84 Å². The Bertz CT molecular complexity index is 799. The van der Waals surface area contributed by atoms with E-state index in [0.29, 0.717) is 17.1 Å². The predicted octanol–water partition coefficient (Wildman–Crippen LogP) is 4.06. The van der Waals surface area contributed by atoms with E-state index in [1.54, 1.807) is 24.3 Å². The summed E-state index contributed by atoms with van der Waals surface area (Å²) in [5.74, 6) is 1.00. The van der Waals surface area contributed by atoms with Gasteiger partial charge in [-0.05, 0) is 29.2 Å². The van der Waals surface area contributed by atoms with Crippen molar-refractivity contribution in [2.75, 3.05) is 0 Å². The number of benzene rings is 2. The van der Waals surface area contributed by atoms with Crippen molar-refractivity contribution in [3.8, 4) is 11.5 Å². The quantitative estimate of drug-likeness (QED) is 0.737. The zero-order valence-electron chi connectivity index (χ0n) is 12.4. The third-order valence-electron chi connectivity index (χ3n) is 3.68. The monoisotopic (exact) mass is 302 g/mol. The Morgan fingerprint density at radius 1 is 1.00 bits per heavy atom. The summed E-state index contributed by atoms with van der Waals surface area (Å²) < 4.78 is 31.1. The molecule has 4 heteroatoms. The summed E-state index contributed by atoms with van der Waals surface area (Å²) in [5.41, 5.74) is 1.58. The van der Waals surface area contributed by atoms with Gasteiger partial charge in [-0.1, -0.05) is 45.0 Å². The van der Waals surface area contributed by atoms with Crippen molar-refractivity contribution in [2.45, 2.75) is 36.8 Å². The number of fused-ring (bicyclic) bond motifs is 2. The van der Waals surface area contributed by atoms with E-state index in [2.05, 4.69) is 20.8 Å². The molecule has 0 unspecified atom stereocenters. The maximum atomic E-state index is 12.7. The van der Waals surface area contributed by atoms with Gasteiger partial charge in [0.25, 0.3) is 0 Å². The van der Waals surface area contributed by atoms with Crippen LogP contribution in [-0.2, 0) is 21.0 Å². The normalized spacial score (nSPS) is 16.3. The van der Waals surface area contributed by atoms with E-state index in [-0.39, 0.29) is 16.1 Å². The number of hydrogen-bond donors (Lipinski definition) is 0. The molecule has 2 aromatic carbocycles. The van der Waals surface area contributed by atoms with Gasteiger partial charge in [-0.2, -0.15) is 0 Å². The Hall–Kier alpha value is -1.81. The molecule has 0 N–H and O–H groups in total. The lowest BCUT2D eigenvalue weighted by Gasteiger charge is -2.20. The average Bonchev–Trinajstić information content (AvgIpc) is 2.50. The zero-order chi connectivity index (χ0) is 15.3. The second-order valence-corrected chi connectivity index (χ2v) is 8.34. The molecule has 0 fully saturated rings. The molecule has 1 heterocycles. The fourth-order valence-corrected chi connectivity index (χ4v) is 3.95. The molecule has 1 aliphatic rings. The summed E-state index contributed by atoms with van der Waals surface area (Å²) in [4.78, 5) is 0.283. The highest BCUT2D eigenvalue weighted by Gasteiger charge is 2.28. The molecule has 0 aromatic heterocycles. The van der Waals surface area contributed by atoms with Gasteiger partial charge in [-0.25, -0.2) is 8.42 Å². The maximum Gasteiger partial charge on any atom is 0.186 e. The van der Waals surface area contributed by atoms with Crippen LogP contribution in [0.5, 0.6) is 11.5 Å². The molecule has 0 spiro atoms. The molecule has 21 heavy (non-hydrogen) atoms. The molecule has 3 rings (SSSR count). The highest BCUT2D eigenvalue weighted by atomic mass is 32.2. The Balaban J connectivity index is 2.21. The summed E-state index contributed by atoms with van der Waals surface area (Å²) in [6.07, 6.45) is 0. The summed E-state index contributed by atoms with van der Waals surface area (Å²) in [6.45, 7) is 6.19. The number of hydrogen-bond acceptors (Lipinski definition) is 3. The van der Waals surface area contributed by atoms with E-state index in [1.165, 1.54) is 0 Å². The number of para-hydroxylation sites is 1. The molecular formula is C17H18O3S. The number of sulfone groups is 1. The predicted molar refractivity (Wildman–Crippen MR) is 82.5 cm³/mol. The lowest BCUT2D eigenvalue weighted by molar-refractivity contribution is 0.466. The lowest BCUT2D eigenvalue weighted by atomic mass is 9.87. The Morgan fingerprint density at radius 2 is 1.71 bits per heavy atom. The van der Waals surface area contributed by atoms with Crippen molar-refractivity contribution in [2.24, 2.45) is 0 Å². The highest BCUT2D eigenvalue weighted by Crippen LogP contribution is 2.39. The second kappa shape index (κ2) is 4.60. The first-order valence-corrected chi connectivity index (χ1v) is 8.56. The van der Waals surface area contributed by atoms with Crippen molar-refractivity contribution in [3.63, 3.8) is 0 Å². The van der Waals surface area contributed by atoms with Crippen LogP contribution >= 0.6 is 0 Å². The molecule has 3 nitrogen and oxygen atoms in total. The van der Waals surface area contributed by atoms with Crippen molar-refractivity contribution in [3.05, 3.63) is 53.6 Å². The second-order valence-electron chi connectivity index (χ2n) is 6.38. The van der Waals surface area contributed by atoms with Crippen LogP contribution < -0.4 is 4.74 Å². The summed E-state index contributed by atoms with van der Waals surface area (Å²) in [5, 5.41) is 0. The van der Waals surface area contributed by atoms with Gasteiger partial charge in [-0.15, -0.1) is 0 Å². The van der Waals surface area contributed by atoms with Crippen molar-refractivity contribution < 1.29 is 13.2 Å². The highest BCUT2D eigenvalue weighted by molar-refractivity contribution is 7.90.